The normalized spacial score (nSPS) is 11.2. The average Bonchev–Trinajstić information content (AvgIpc) is 3.20. The van der Waals surface area contributed by atoms with E-state index in [0.29, 0.717) is 27.4 Å². The van der Waals surface area contributed by atoms with Crippen LogP contribution in [-0.4, -0.2) is 42.5 Å². The number of nitrogens with zero attached hydrogens (tertiary/aromatic N) is 6. The van der Waals surface area contributed by atoms with Crippen molar-refractivity contribution < 1.29 is 9.53 Å². The lowest BCUT2D eigenvalue weighted by molar-refractivity contribution is 0.101. The highest BCUT2D eigenvalue weighted by Crippen LogP contribution is 2.30. The molecule has 0 saturated heterocycles. The molecule has 4 aromatic heterocycles. The van der Waals surface area contributed by atoms with Gasteiger partial charge in [-0.1, -0.05) is 23.7 Å². The Morgan fingerprint density at radius 2 is 1.85 bits per heavy atom. The Labute approximate surface area is 191 Å². The second-order valence-corrected chi connectivity index (χ2v) is 7.54. The highest BCUT2D eigenvalue weighted by atomic mass is 35.5. The van der Waals surface area contributed by atoms with Crippen LogP contribution in [0.2, 0.25) is 5.02 Å². The van der Waals surface area contributed by atoms with E-state index >= 15 is 0 Å². The van der Waals surface area contributed by atoms with Crippen molar-refractivity contribution in [3.63, 3.8) is 0 Å². The molecule has 1 N–H and O–H groups in total. The Morgan fingerprint density at radius 3 is 2.58 bits per heavy atom. The molecule has 164 valence electrons. The number of nitrogens with one attached hydrogen (secondary N) is 1. The molecule has 0 unspecified atom stereocenters. The topological polar surface area (TPSA) is 116 Å². The maximum Gasteiger partial charge on any atom is 0.299 e. The van der Waals surface area contributed by atoms with Crippen LogP contribution in [0.3, 0.4) is 0 Å². The van der Waals surface area contributed by atoms with Crippen molar-refractivity contribution >= 4 is 34.2 Å². The van der Waals surface area contributed by atoms with Gasteiger partial charge in [-0.2, -0.15) is 5.10 Å². The fraction of sp³-hybridized carbons (Fsp3) is 0.0909. The molecular formula is C22H16ClN7O3. The lowest BCUT2D eigenvalue weighted by atomic mass is 10.1. The Kier molecular flexibility index (Phi) is 5.29. The third-order valence-corrected chi connectivity index (χ3v) is 5.28. The highest BCUT2D eigenvalue weighted by Gasteiger charge is 2.20. The number of carbonyl (C=O) groups excluding carboxylic acids is 1. The Morgan fingerprint density at radius 1 is 1.09 bits per heavy atom. The number of fused-ring (bicyclic) bond motifs is 3. The van der Waals surface area contributed by atoms with Gasteiger partial charge in [-0.3, -0.25) is 20.0 Å². The van der Waals surface area contributed by atoms with Crippen molar-refractivity contribution in [3.05, 3.63) is 87.7 Å². The van der Waals surface area contributed by atoms with Gasteiger partial charge in [0.05, 0.1) is 17.9 Å². The summed E-state index contributed by atoms with van der Waals surface area (Å²) in [5.74, 6) is -0.459. The van der Waals surface area contributed by atoms with Crippen molar-refractivity contribution in [2.45, 2.75) is 6.61 Å². The Bertz CT molecular complexity index is 1550. The number of benzene rings is 1. The zero-order valence-electron chi connectivity index (χ0n) is 17.3. The second kappa shape index (κ2) is 8.41. The van der Waals surface area contributed by atoms with Crippen LogP contribution in [0.25, 0.3) is 27.8 Å². The van der Waals surface area contributed by atoms with Crippen LogP contribution in [0.1, 0.15) is 16.1 Å². The predicted octanol–water partition coefficient (Wildman–Crippen LogP) is 2.68. The minimum Gasteiger partial charge on any atom is -0.378 e. The predicted molar refractivity (Wildman–Crippen MR) is 122 cm³/mol. The Hall–Kier alpha value is -4.15. The SMILES string of the molecule is COCc1nn2c(nnc3c(=O)n(NC(=O)c4ccncc4)ccc32)c1-c1ccc(Cl)cc1. The van der Waals surface area contributed by atoms with Crippen LogP contribution in [0.4, 0.5) is 0 Å². The summed E-state index contributed by atoms with van der Waals surface area (Å²) in [6, 6.07) is 12.0. The number of hydrogen-bond donors (Lipinski definition) is 1. The molecule has 0 atom stereocenters. The molecule has 1 amide bonds. The van der Waals surface area contributed by atoms with E-state index in [0.717, 1.165) is 15.8 Å². The molecule has 5 rings (SSSR count). The van der Waals surface area contributed by atoms with Gasteiger partial charge in [0.15, 0.2) is 11.2 Å². The van der Waals surface area contributed by atoms with Crippen LogP contribution in [0.15, 0.2) is 65.8 Å². The summed E-state index contributed by atoms with van der Waals surface area (Å²) in [7, 11) is 1.57. The smallest absolute Gasteiger partial charge is 0.299 e. The van der Waals surface area contributed by atoms with Gasteiger partial charge in [-0.05, 0) is 35.9 Å². The van der Waals surface area contributed by atoms with Crippen molar-refractivity contribution in [3.8, 4) is 11.1 Å². The largest absolute Gasteiger partial charge is 0.378 e. The first-order chi connectivity index (χ1) is 16.1. The monoisotopic (exact) mass is 461 g/mol. The van der Waals surface area contributed by atoms with Gasteiger partial charge in [-0.15, -0.1) is 10.2 Å². The summed E-state index contributed by atoms with van der Waals surface area (Å²) in [4.78, 5) is 29.3. The van der Waals surface area contributed by atoms with Crippen molar-refractivity contribution in [1.29, 1.82) is 0 Å². The summed E-state index contributed by atoms with van der Waals surface area (Å²) in [6.45, 7) is 0.238. The molecule has 0 bridgehead atoms. The van der Waals surface area contributed by atoms with Crippen molar-refractivity contribution in [1.82, 2.24) is 29.5 Å². The number of halogens is 1. The molecule has 1 aromatic carbocycles. The van der Waals surface area contributed by atoms with Crippen molar-refractivity contribution in [2.24, 2.45) is 0 Å². The molecule has 0 aliphatic rings. The number of hydrogen-bond acceptors (Lipinski definition) is 7. The van der Waals surface area contributed by atoms with Gasteiger partial charge in [0.1, 0.15) is 5.52 Å². The zero-order chi connectivity index (χ0) is 22.9. The molecular weight excluding hydrogens is 446 g/mol. The van der Waals surface area contributed by atoms with Crippen LogP contribution in [-0.2, 0) is 11.3 Å². The maximum absolute atomic E-state index is 13.0. The third-order valence-electron chi connectivity index (χ3n) is 5.03. The lowest BCUT2D eigenvalue weighted by Crippen LogP contribution is -2.33. The first-order valence-corrected chi connectivity index (χ1v) is 10.2. The second-order valence-electron chi connectivity index (χ2n) is 7.10. The number of carbonyl (C=O) groups is 1. The molecule has 0 spiro atoms. The van der Waals surface area contributed by atoms with E-state index in [1.807, 2.05) is 12.1 Å². The van der Waals surface area contributed by atoms with Crippen LogP contribution in [0, 0.1) is 0 Å². The molecule has 4 heterocycles. The van der Waals surface area contributed by atoms with E-state index in [2.05, 4.69) is 25.7 Å². The van der Waals surface area contributed by atoms with Gasteiger partial charge in [0.25, 0.3) is 11.5 Å². The zero-order valence-corrected chi connectivity index (χ0v) is 18.0. The fourth-order valence-corrected chi connectivity index (χ4v) is 3.63. The number of pyridine rings is 2. The average molecular weight is 462 g/mol. The van der Waals surface area contributed by atoms with E-state index < -0.39 is 11.5 Å². The number of amides is 1. The number of aromatic nitrogens is 6. The molecule has 5 aromatic rings. The summed E-state index contributed by atoms with van der Waals surface area (Å²) in [6.07, 6.45) is 4.44. The molecule has 0 radical (unpaired) electrons. The quantitative estimate of drug-likeness (QED) is 0.427. The van der Waals surface area contributed by atoms with Crippen LogP contribution >= 0.6 is 11.6 Å². The van der Waals surface area contributed by atoms with Crippen LogP contribution < -0.4 is 11.0 Å². The maximum atomic E-state index is 13.0. The standard InChI is InChI=1S/C22H16ClN7O3/c1-33-12-16-18(13-2-4-15(23)5-3-13)20-26-25-19-17(30(20)27-16)8-11-29(22(19)32)28-21(31)14-6-9-24-10-7-14/h2-11H,12H2,1H3,(H,28,31). The molecule has 0 aliphatic heterocycles. The van der Waals surface area contributed by atoms with Gasteiger partial charge in [-0.25, -0.2) is 9.19 Å². The fourth-order valence-electron chi connectivity index (χ4n) is 3.51. The molecule has 0 fully saturated rings. The van der Waals surface area contributed by atoms with Gasteiger partial charge < -0.3 is 4.74 Å². The van der Waals surface area contributed by atoms with E-state index in [9.17, 15) is 9.59 Å². The first kappa shape index (κ1) is 20.7. The lowest BCUT2D eigenvalue weighted by Gasteiger charge is -2.09. The minimum absolute atomic E-state index is 0.0501. The number of ether oxygens (including phenoxy) is 1. The van der Waals surface area contributed by atoms with E-state index in [1.54, 1.807) is 42.0 Å². The van der Waals surface area contributed by atoms with E-state index in [1.165, 1.54) is 18.6 Å². The van der Waals surface area contributed by atoms with E-state index in [-0.39, 0.29) is 12.1 Å². The summed E-state index contributed by atoms with van der Waals surface area (Å²) in [5.41, 5.74) is 5.54. The summed E-state index contributed by atoms with van der Waals surface area (Å²) < 4.78 is 7.93. The van der Waals surface area contributed by atoms with Crippen molar-refractivity contribution in [2.75, 3.05) is 12.5 Å². The number of methoxy groups -OCH3 is 1. The third kappa shape index (κ3) is 3.71. The van der Waals surface area contributed by atoms with Gasteiger partial charge in [0, 0.05) is 36.3 Å². The molecule has 0 saturated carbocycles. The van der Waals surface area contributed by atoms with Crippen LogP contribution in [0.5, 0.6) is 0 Å². The van der Waals surface area contributed by atoms with Gasteiger partial charge in [0.2, 0.25) is 0 Å². The minimum atomic E-state index is -0.541. The van der Waals surface area contributed by atoms with Gasteiger partial charge >= 0.3 is 0 Å². The van der Waals surface area contributed by atoms with E-state index in [4.69, 9.17) is 16.3 Å². The summed E-state index contributed by atoms with van der Waals surface area (Å²) >= 11 is 6.03. The molecule has 0 aliphatic carbocycles. The summed E-state index contributed by atoms with van der Waals surface area (Å²) in [5, 5.41) is 13.7. The molecule has 11 heteroatoms. The first-order valence-electron chi connectivity index (χ1n) is 9.82. The number of rotatable bonds is 5. The Balaban J connectivity index is 1.64. The molecule has 10 nitrogen and oxygen atoms in total. The molecule has 33 heavy (non-hydrogen) atoms. The highest BCUT2D eigenvalue weighted by molar-refractivity contribution is 6.30.